The van der Waals surface area contributed by atoms with Gasteiger partial charge in [-0.15, -0.1) is 11.6 Å². The molecule has 0 radical (unpaired) electrons. The van der Waals surface area contributed by atoms with Crippen LogP contribution in [0.3, 0.4) is 0 Å². The summed E-state index contributed by atoms with van der Waals surface area (Å²) in [5.74, 6) is -1.03. The molecule has 0 saturated heterocycles. The van der Waals surface area contributed by atoms with Gasteiger partial charge in [-0.2, -0.15) is 4.39 Å². The van der Waals surface area contributed by atoms with Crippen LogP contribution in [0.25, 0.3) is 0 Å². The second-order valence-electron chi connectivity index (χ2n) is 2.96. The number of alkyl halides is 1. The highest BCUT2D eigenvalue weighted by atomic mass is 35.5. The lowest BCUT2D eigenvalue weighted by Crippen LogP contribution is -2.25. The van der Waals surface area contributed by atoms with Crippen LogP contribution in [-0.4, -0.2) is 25.8 Å². The van der Waals surface area contributed by atoms with Crippen molar-refractivity contribution in [1.82, 2.24) is 4.72 Å². The average Bonchev–Trinajstić information content (AvgIpc) is 2.26. The number of hydrogen-bond acceptors (Lipinski definition) is 4. The Labute approximate surface area is 102 Å². The van der Waals surface area contributed by atoms with Crippen molar-refractivity contribution in [1.29, 1.82) is 0 Å². The Hall–Kier alpha value is -1.25. The summed E-state index contributed by atoms with van der Waals surface area (Å²) in [6.07, 6.45) is 0. The van der Waals surface area contributed by atoms with Gasteiger partial charge < -0.3 is 0 Å². The molecule has 0 aliphatic heterocycles. The van der Waals surface area contributed by atoms with Crippen molar-refractivity contribution in [3.8, 4) is 0 Å². The summed E-state index contributed by atoms with van der Waals surface area (Å²) in [6, 6.07) is 2.33. The van der Waals surface area contributed by atoms with Gasteiger partial charge in [-0.1, -0.05) is 0 Å². The molecule has 0 atom stereocenters. The minimum atomic E-state index is -3.90. The van der Waals surface area contributed by atoms with Crippen molar-refractivity contribution < 1.29 is 17.7 Å². The number of nitro benzene ring substituents is 1. The van der Waals surface area contributed by atoms with E-state index >= 15 is 0 Å². The van der Waals surface area contributed by atoms with Crippen LogP contribution in [0.15, 0.2) is 23.1 Å². The zero-order chi connectivity index (χ0) is 13.1. The van der Waals surface area contributed by atoms with Crippen molar-refractivity contribution in [2.45, 2.75) is 4.90 Å². The lowest BCUT2D eigenvalue weighted by molar-refractivity contribution is -0.387. The van der Waals surface area contributed by atoms with Crippen molar-refractivity contribution in [3.63, 3.8) is 0 Å². The Kier molecular flexibility index (Phi) is 4.38. The molecule has 1 rings (SSSR count). The normalized spacial score (nSPS) is 11.4. The predicted molar refractivity (Wildman–Crippen MR) is 59.0 cm³/mol. The highest BCUT2D eigenvalue weighted by molar-refractivity contribution is 7.89. The van der Waals surface area contributed by atoms with E-state index in [1.165, 1.54) is 0 Å². The number of halogens is 2. The van der Waals surface area contributed by atoms with Gasteiger partial charge in [-0.3, -0.25) is 10.1 Å². The van der Waals surface area contributed by atoms with Crippen LogP contribution in [-0.2, 0) is 10.0 Å². The molecule has 1 aromatic rings. The Morgan fingerprint density at radius 3 is 2.65 bits per heavy atom. The molecule has 0 bridgehead atoms. The molecular formula is C8H8ClFN2O4S. The molecule has 9 heteroatoms. The SMILES string of the molecule is O=[N+]([O-])c1cc(S(=O)(=O)NCCCl)ccc1F. The van der Waals surface area contributed by atoms with Gasteiger partial charge in [0.05, 0.1) is 9.82 Å². The molecule has 1 N–H and O–H groups in total. The molecule has 0 fully saturated rings. The minimum absolute atomic E-state index is 0.0188. The maximum Gasteiger partial charge on any atom is 0.306 e. The van der Waals surface area contributed by atoms with Crippen molar-refractivity contribution in [3.05, 3.63) is 34.1 Å². The van der Waals surface area contributed by atoms with Crippen LogP contribution >= 0.6 is 11.6 Å². The van der Waals surface area contributed by atoms with Gasteiger partial charge >= 0.3 is 5.69 Å². The molecule has 0 heterocycles. The van der Waals surface area contributed by atoms with E-state index in [9.17, 15) is 22.9 Å². The van der Waals surface area contributed by atoms with Crippen LogP contribution in [0.4, 0.5) is 10.1 Å². The third-order valence-corrected chi connectivity index (χ3v) is 3.46. The highest BCUT2D eigenvalue weighted by Gasteiger charge is 2.20. The Balaban J connectivity index is 3.16. The fraction of sp³-hybridized carbons (Fsp3) is 0.250. The van der Waals surface area contributed by atoms with Gasteiger partial charge in [0.25, 0.3) is 0 Å². The highest BCUT2D eigenvalue weighted by Crippen LogP contribution is 2.21. The first-order valence-electron chi connectivity index (χ1n) is 4.38. The third-order valence-electron chi connectivity index (χ3n) is 1.81. The molecule has 6 nitrogen and oxygen atoms in total. The van der Waals surface area contributed by atoms with Crippen molar-refractivity contribution >= 4 is 27.3 Å². The standard InChI is InChI=1S/C8H8ClFN2O4S/c9-3-4-11-17(15,16)6-1-2-7(10)8(5-6)12(13)14/h1-2,5,11H,3-4H2. The van der Waals surface area contributed by atoms with Gasteiger partial charge in [-0.25, -0.2) is 13.1 Å². The average molecular weight is 283 g/mol. The molecule has 0 aliphatic rings. The number of benzene rings is 1. The first-order chi connectivity index (χ1) is 7.88. The summed E-state index contributed by atoms with van der Waals surface area (Å²) < 4.78 is 38.2. The molecule has 0 spiro atoms. The Bertz CT molecular complexity index is 534. The first-order valence-corrected chi connectivity index (χ1v) is 6.40. The second-order valence-corrected chi connectivity index (χ2v) is 5.10. The molecule has 0 aromatic heterocycles. The van der Waals surface area contributed by atoms with Crippen LogP contribution in [0.1, 0.15) is 0 Å². The fourth-order valence-corrected chi connectivity index (χ4v) is 2.31. The third kappa shape index (κ3) is 3.35. The Morgan fingerprint density at radius 1 is 1.47 bits per heavy atom. The lowest BCUT2D eigenvalue weighted by atomic mass is 10.3. The molecular weight excluding hydrogens is 275 g/mol. The van der Waals surface area contributed by atoms with E-state index in [2.05, 4.69) is 4.72 Å². The summed E-state index contributed by atoms with van der Waals surface area (Å²) in [5.41, 5.74) is -0.890. The minimum Gasteiger partial charge on any atom is -0.258 e. The molecule has 0 amide bonds. The smallest absolute Gasteiger partial charge is 0.258 e. The van der Waals surface area contributed by atoms with Crippen LogP contribution < -0.4 is 4.72 Å². The number of sulfonamides is 1. The number of hydrogen-bond donors (Lipinski definition) is 1. The van der Waals surface area contributed by atoms with Gasteiger partial charge in [-0.05, 0) is 12.1 Å². The van der Waals surface area contributed by atoms with Crippen LogP contribution in [0.2, 0.25) is 0 Å². The maximum atomic E-state index is 13.0. The van der Waals surface area contributed by atoms with E-state index in [1.54, 1.807) is 0 Å². The molecule has 1 aromatic carbocycles. The van der Waals surface area contributed by atoms with E-state index in [-0.39, 0.29) is 17.3 Å². The van der Waals surface area contributed by atoms with E-state index in [0.717, 1.165) is 12.1 Å². The molecule has 94 valence electrons. The van der Waals surface area contributed by atoms with Gasteiger partial charge in [0.15, 0.2) is 0 Å². The number of nitro groups is 1. The second kappa shape index (κ2) is 5.39. The fourth-order valence-electron chi connectivity index (χ4n) is 1.06. The van der Waals surface area contributed by atoms with Gasteiger partial charge in [0.1, 0.15) is 0 Å². The Morgan fingerprint density at radius 2 is 2.12 bits per heavy atom. The van der Waals surface area contributed by atoms with Crippen molar-refractivity contribution in [2.75, 3.05) is 12.4 Å². The topological polar surface area (TPSA) is 89.3 Å². The summed E-state index contributed by atoms with van der Waals surface area (Å²) >= 11 is 5.31. The molecule has 17 heavy (non-hydrogen) atoms. The van der Waals surface area contributed by atoms with E-state index < -0.39 is 26.5 Å². The van der Waals surface area contributed by atoms with Gasteiger partial charge in [0, 0.05) is 18.5 Å². The summed E-state index contributed by atoms with van der Waals surface area (Å²) in [7, 11) is -3.90. The van der Waals surface area contributed by atoms with E-state index in [0.29, 0.717) is 6.07 Å². The zero-order valence-electron chi connectivity index (χ0n) is 8.39. The van der Waals surface area contributed by atoms with E-state index in [4.69, 9.17) is 11.6 Å². The van der Waals surface area contributed by atoms with Crippen molar-refractivity contribution in [2.24, 2.45) is 0 Å². The number of nitrogens with zero attached hydrogens (tertiary/aromatic N) is 1. The lowest BCUT2D eigenvalue weighted by Gasteiger charge is -2.04. The zero-order valence-corrected chi connectivity index (χ0v) is 9.96. The largest absolute Gasteiger partial charge is 0.306 e. The molecule has 0 aliphatic carbocycles. The van der Waals surface area contributed by atoms with Crippen LogP contribution in [0, 0.1) is 15.9 Å². The van der Waals surface area contributed by atoms with Crippen LogP contribution in [0.5, 0.6) is 0 Å². The monoisotopic (exact) mass is 282 g/mol. The summed E-state index contributed by atoms with van der Waals surface area (Å²) in [4.78, 5) is 9.08. The predicted octanol–water partition coefficient (Wildman–Crippen LogP) is 1.25. The number of nitrogens with one attached hydrogen (secondary N) is 1. The first kappa shape index (κ1) is 13.8. The maximum absolute atomic E-state index is 13.0. The molecule has 0 unspecified atom stereocenters. The molecule has 0 saturated carbocycles. The summed E-state index contributed by atoms with van der Waals surface area (Å²) in [6.45, 7) is -0.0188. The number of rotatable bonds is 5. The quantitative estimate of drug-likeness (QED) is 0.500. The van der Waals surface area contributed by atoms with Gasteiger partial charge in [0.2, 0.25) is 15.8 Å². The summed E-state index contributed by atoms with van der Waals surface area (Å²) in [5, 5.41) is 10.4. The van der Waals surface area contributed by atoms with E-state index in [1.807, 2.05) is 0 Å².